The summed E-state index contributed by atoms with van der Waals surface area (Å²) in [6.07, 6.45) is 0. The van der Waals surface area contributed by atoms with Crippen LogP contribution >= 0.6 is 11.6 Å². The van der Waals surface area contributed by atoms with E-state index in [1.54, 1.807) is 42.5 Å². The van der Waals surface area contributed by atoms with Gasteiger partial charge in [-0.1, -0.05) is 23.7 Å². The number of carbonyl (C=O) groups is 1. The second-order valence-corrected chi connectivity index (χ2v) is 5.77. The third-order valence-corrected chi connectivity index (χ3v) is 3.78. The highest BCUT2D eigenvalue weighted by Gasteiger charge is 2.09. The molecule has 1 N–H and O–H groups in total. The smallest absolute Gasteiger partial charge is 0.256 e. The first-order chi connectivity index (χ1) is 11.5. The fourth-order valence-corrected chi connectivity index (χ4v) is 2.58. The molecule has 3 rings (SSSR count). The summed E-state index contributed by atoms with van der Waals surface area (Å²) in [5.41, 5.74) is 2.71. The summed E-state index contributed by atoms with van der Waals surface area (Å²) in [6, 6.07) is 16.5. The van der Waals surface area contributed by atoms with E-state index in [1.807, 2.05) is 13.0 Å². The number of amides is 1. The van der Waals surface area contributed by atoms with Crippen LogP contribution in [0.1, 0.15) is 15.9 Å². The Hall–Kier alpha value is -2.72. The Morgan fingerprint density at radius 3 is 2.62 bits per heavy atom. The zero-order chi connectivity index (χ0) is 17.1. The quantitative estimate of drug-likeness (QED) is 0.720. The Morgan fingerprint density at radius 1 is 1.08 bits per heavy atom. The summed E-state index contributed by atoms with van der Waals surface area (Å²) in [7, 11) is 0. The number of rotatable bonds is 3. The van der Waals surface area contributed by atoms with Gasteiger partial charge in [0.25, 0.3) is 5.91 Å². The molecule has 0 spiro atoms. The number of aryl methyl sites for hydroxylation is 1. The molecule has 0 radical (unpaired) electrons. The van der Waals surface area contributed by atoms with Crippen molar-refractivity contribution in [2.75, 3.05) is 5.32 Å². The number of aromatic nitrogens is 1. The number of nitrogens with one attached hydrogen (secondary N) is 1. The first-order valence-corrected chi connectivity index (χ1v) is 7.71. The van der Waals surface area contributed by atoms with Crippen molar-refractivity contribution in [1.82, 2.24) is 4.98 Å². The molecule has 1 amide bonds. The average molecular weight is 341 g/mol. The molecule has 1 heterocycles. The largest absolute Gasteiger partial charge is 0.307 e. The van der Waals surface area contributed by atoms with Gasteiger partial charge < -0.3 is 5.32 Å². The first-order valence-electron chi connectivity index (χ1n) is 7.33. The molecule has 0 aliphatic carbocycles. The van der Waals surface area contributed by atoms with Crippen molar-refractivity contribution in [3.05, 3.63) is 82.6 Å². The summed E-state index contributed by atoms with van der Waals surface area (Å²) in [5.74, 6) is -0.166. The van der Waals surface area contributed by atoms with Crippen molar-refractivity contribution in [3.63, 3.8) is 0 Å². The van der Waals surface area contributed by atoms with E-state index in [0.717, 1.165) is 11.1 Å². The van der Waals surface area contributed by atoms with Gasteiger partial charge in [-0.15, -0.1) is 0 Å². The van der Waals surface area contributed by atoms with Gasteiger partial charge >= 0.3 is 0 Å². The predicted octanol–water partition coefficient (Wildman–Crippen LogP) is 5.10. The standard InChI is InChI=1S/C19H14ClFN2O/c1-12-10-15(21)8-9-16(12)17-6-3-7-18(22-17)23-19(24)13-4-2-5-14(20)11-13/h2-11H,1H3,(H,22,23,24). The third kappa shape index (κ3) is 3.60. The lowest BCUT2D eigenvalue weighted by Gasteiger charge is -2.09. The molecule has 2 aromatic carbocycles. The van der Waals surface area contributed by atoms with Gasteiger partial charge in [-0.05, 0) is 61.0 Å². The molecule has 1 aromatic heterocycles. The normalized spacial score (nSPS) is 10.5. The number of pyridine rings is 1. The van der Waals surface area contributed by atoms with Crippen molar-refractivity contribution in [2.45, 2.75) is 6.92 Å². The van der Waals surface area contributed by atoms with Crippen LogP contribution in [-0.4, -0.2) is 10.9 Å². The lowest BCUT2D eigenvalue weighted by atomic mass is 10.1. The van der Waals surface area contributed by atoms with Crippen LogP contribution in [-0.2, 0) is 0 Å². The van der Waals surface area contributed by atoms with Gasteiger partial charge in [0.1, 0.15) is 11.6 Å². The number of nitrogens with zero attached hydrogens (tertiary/aromatic N) is 1. The number of hydrogen-bond acceptors (Lipinski definition) is 2. The number of anilines is 1. The molecule has 120 valence electrons. The van der Waals surface area contributed by atoms with E-state index >= 15 is 0 Å². The molecule has 0 fully saturated rings. The summed E-state index contributed by atoms with van der Waals surface area (Å²) >= 11 is 5.90. The van der Waals surface area contributed by atoms with E-state index < -0.39 is 0 Å². The fourth-order valence-electron chi connectivity index (χ4n) is 2.39. The van der Waals surface area contributed by atoms with Gasteiger partial charge in [-0.3, -0.25) is 4.79 Å². The Labute approximate surface area is 144 Å². The summed E-state index contributed by atoms with van der Waals surface area (Å²) < 4.78 is 13.2. The summed E-state index contributed by atoms with van der Waals surface area (Å²) in [4.78, 5) is 16.7. The number of halogens is 2. The molecular formula is C19H14ClFN2O. The topological polar surface area (TPSA) is 42.0 Å². The van der Waals surface area contributed by atoms with Gasteiger partial charge in [0.05, 0.1) is 5.69 Å². The van der Waals surface area contributed by atoms with Crippen LogP contribution in [0.5, 0.6) is 0 Å². The molecule has 3 aromatic rings. The highest BCUT2D eigenvalue weighted by molar-refractivity contribution is 6.31. The van der Waals surface area contributed by atoms with Gasteiger partial charge in [-0.2, -0.15) is 0 Å². The van der Waals surface area contributed by atoms with Crippen molar-refractivity contribution in [3.8, 4) is 11.3 Å². The van der Waals surface area contributed by atoms with Crippen molar-refractivity contribution in [1.29, 1.82) is 0 Å². The minimum Gasteiger partial charge on any atom is -0.307 e. The molecule has 0 aliphatic rings. The van der Waals surface area contributed by atoms with Crippen LogP contribution in [0.25, 0.3) is 11.3 Å². The molecule has 0 bridgehead atoms. The van der Waals surface area contributed by atoms with E-state index in [4.69, 9.17) is 11.6 Å². The van der Waals surface area contributed by atoms with E-state index in [1.165, 1.54) is 12.1 Å². The van der Waals surface area contributed by atoms with E-state index in [2.05, 4.69) is 10.3 Å². The minimum atomic E-state index is -0.294. The second-order valence-electron chi connectivity index (χ2n) is 5.33. The van der Waals surface area contributed by atoms with Crippen LogP contribution in [0, 0.1) is 12.7 Å². The monoisotopic (exact) mass is 340 g/mol. The average Bonchev–Trinajstić information content (AvgIpc) is 2.55. The van der Waals surface area contributed by atoms with Crippen molar-refractivity contribution >= 4 is 23.3 Å². The lowest BCUT2D eigenvalue weighted by Crippen LogP contribution is -2.13. The van der Waals surface area contributed by atoms with Gasteiger partial charge in [0.15, 0.2) is 0 Å². The lowest BCUT2D eigenvalue weighted by molar-refractivity contribution is 0.102. The highest BCUT2D eigenvalue weighted by atomic mass is 35.5. The van der Waals surface area contributed by atoms with Crippen LogP contribution in [0.2, 0.25) is 5.02 Å². The van der Waals surface area contributed by atoms with Gasteiger partial charge in [0, 0.05) is 16.1 Å². The number of benzene rings is 2. The molecule has 0 atom stereocenters. The summed E-state index contributed by atoms with van der Waals surface area (Å²) in [5, 5.41) is 3.24. The molecule has 5 heteroatoms. The van der Waals surface area contributed by atoms with Crippen LogP contribution in [0.3, 0.4) is 0 Å². The third-order valence-electron chi connectivity index (χ3n) is 3.54. The maximum atomic E-state index is 13.2. The summed E-state index contributed by atoms with van der Waals surface area (Å²) in [6.45, 7) is 1.82. The maximum absolute atomic E-state index is 13.2. The molecule has 0 saturated carbocycles. The van der Waals surface area contributed by atoms with Crippen LogP contribution < -0.4 is 5.32 Å². The van der Waals surface area contributed by atoms with Crippen molar-refractivity contribution < 1.29 is 9.18 Å². The predicted molar refractivity (Wildman–Crippen MR) is 93.8 cm³/mol. The second kappa shape index (κ2) is 6.81. The molecule has 3 nitrogen and oxygen atoms in total. The zero-order valence-corrected chi connectivity index (χ0v) is 13.6. The molecular weight excluding hydrogens is 327 g/mol. The first kappa shape index (κ1) is 16.1. The van der Waals surface area contributed by atoms with Crippen molar-refractivity contribution in [2.24, 2.45) is 0 Å². The minimum absolute atomic E-state index is 0.290. The van der Waals surface area contributed by atoms with Crippen LogP contribution in [0.4, 0.5) is 10.2 Å². The van der Waals surface area contributed by atoms with E-state index in [0.29, 0.717) is 22.1 Å². The molecule has 0 unspecified atom stereocenters. The Bertz CT molecular complexity index is 911. The molecule has 0 saturated heterocycles. The zero-order valence-electron chi connectivity index (χ0n) is 12.9. The Balaban J connectivity index is 1.87. The van der Waals surface area contributed by atoms with E-state index in [9.17, 15) is 9.18 Å². The SMILES string of the molecule is Cc1cc(F)ccc1-c1cccc(NC(=O)c2cccc(Cl)c2)n1. The molecule has 0 aliphatic heterocycles. The fraction of sp³-hybridized carbons (Fsp3) is 0.0526. The van der Waals surface area contributed by atoms with E-state index in [-0.39, 0.29) is 11.7 Å². The van der Waals surface area contributed by atoms with Gasteiger partial charge in [0.2, 0.25) is 0 Å². The highest BCUT2D eigenvalue weighted by Crippen LogP contribution is 2.23. The number of hydrogen-bond donors (Lipinski definition) is 1. The number of carbonyl (C=O) groups excluding carboxylic acids is 1. The van der Waals surface area contributed by atoms with Crippen LogP contribution in [0.15, 0.2) is 60.7 Å². The Kier molecular flexibility index (Phi) is 4.58. The molecule has 24 heavy (non-hydrogen) atoms. The van der Waals surface area contributed by atoms with Gasteiger partial charge in [-0.25, -0.2) is 9.37 Å². The Morgan fingerprint density at radius 2 is 1.88 bits per heavy atom. The maximum Gasteiger partial charge on any atom is 0.256 e.